The van der Waals surface area contributed by atoms with Crippen LogP contribution in [-0.2, 0) is 10.7 Å². The number of hydrogen-bond acceptors (Lipinski definition) is 4. The lowest BCUT2D eigenvalue weighted by Crippen LogP contribution is -2.48. The van der Waals surface area contributed by atoms with Crippen LogP contribution in [0.3, 0.4) is 0 Å². The molecule has 4 rings (SSSR count). The molecule has 0 radical (unpaired) electrons. The number of piperazine rings is 1. The number of carbonyl (C=O) groups excluding carboxylic acids is 1. The lowest BCUT2D eigenvalue weighted by molar-refractivity contribution is -0.126. The maximum absolute atomic E-state index is 15.6. The molecule has 1 fully saturated rings. The third-order valence-electron chi connectivity index (χ3n) is 5.26. The van der Waals surface area contributed by atoms with Crippen molar-refractivity contribution in [3.8, 4) is 11.1 Å². The molecule has 1 aliphatic rings. The topological polar surface area (TPSA) is 36.4 Å². The van der Waals surface area contributed by atoms with E-state index in [0.29, 0.717) is 53.6 Å². The number of rotatable bonds is 4. The van der Waals surface area contributed by atoms with Gasteiger partial charge in [0.05, 0.1) is 0 Å². The standard InChI is InChI=1S/C21H19ClF2N3OPS/c1-2-17(28)26-5-7-27(8-6-26)21-15-9-12(11-22)18(19(24)20(15)25-30-21)14-4-3-13(23)10-16(14)29/h2-4,9-10H,1,5-8,11,29H2. The molecular weight excluding hydrogens is 447 g/mol. The Kier molecular flexibility index (Phi) is 6.05. The zero-order valence-electron chi connectivity index (χ0n) is 16.0. The number of halogens is 3. The van der Waals surface area contributed by atoms with Crippen LogP contribution >= 0.6 is 32.4 Å². The molecule has 4 nitrogen and oxygen atoms in total. The number of alkyl halides is 1. The van der Waals surface area contributed by atoms with Crippen LogP contribution in [-0.4, -0.2) is 41.4 Å². The van der Waals surface area contributed by atoms with Crippen LogP contribution in [0.5, 0.6) is 0 Å². The Morgan fingerprint density at radius 1 is 1.27 bits per heavy atom. The Morgan fingerprint density at radius 3 is 2.63 bits per heavy atom. The van der Waals surface area contributed by atoms with Crippen LogP contribution in [0.15, 0.2) is 36.9 Å². The van der Waals surface area contributed by atoms with Gasteiger partial charge in [0.25, 0.3) is 0 Å². The number of fused-ring (bicyclic) bond motifs is 1. The van der Waals surface area contributed by atoms with Crippen LogP contribution in [0.2, 0.25) is 0 Å². The third-order valence-corrected chi connectivity index (χ3v) is 6.95. The summed E-state index contributed by atoms with van der Waals surface area (Å²) in [5.74, 6) is -0.818. The quantitative estimate of drug-likeness (QED) is 0.327. The summed E-state index contributed by atoms with van der Waals surface area (Å²) < 4.78 is 33.5. The predicted molar refractivity (Wildman–Crippen MR) is 123 cm³/mol. The lowest BCUT2D eigenvalue weighted by atomic mass is 9.97. The van der Waals surface area contributed by atoms with Crippen LogP contribution < -0.4 is 10.2 Å². The summed E-state index contributed by atoms with van der Waals surface area (Å²) in [6.07, 6.45) is 1.32. The van der Waals surface area contributed by atoms with Gasteiger partial charge in [-0.05, 0) is 52.2 Å². The second-order valence-corrected chi connectivity index (χ2v) is 8.63. The van der Waals surface area contributed by atoms with Crippen LogP contribution in [0.4, 0.5) is 13.8 Å². The van der Waals surface area contributed by atoms with E-state index in [0.717, 1.165) is 5.00 Å². The highest BCUT2D eigenvalue weighted by atomic mass is 35.5. The van der Waals surface area contributed by atoms with Gasteiger partial charge in [0, 0.05) is 43.0 Å². The number of hydrogen-bond donors (Lipinski definition) is 0. The number of nitrogens with zero attached hydrogens (tertiary/aromatic N) is 3. The smallest absolute Gasteiger partial charge is 0.246 e. The Hall–Kier alpha value is -2.08. The predicted octanol–water partition coefficient (Wildman–Crippen LogP) is 4.32. The Bertz CT molecular complexity index is 1140. The minimum atomic E-state index is -0.457. The summed E-state index contributed by atoms with van der Waals surface area (Å²) in [7, 11) is 2.45. The van der Waals surface area contributed by atoms with E-state index >= 15 is 4.39 Å². The first-order valence-corrected chi connectivity index (χ1v) is 11.2. The van der Waals surface area contributed by atoms with E-state index in [4.69, 9.17) is 11.6 Å². The first kappa shape index (κ1) is 21.2. The first-order chi connectivity index (χ1) is 14.4. The highest BCUT2D eigenvalue weighted by Crippen LogP contribution is 2.39. The van der Waals surface area contributed by atoms with Crippen molar-refractivity contribution in [3.63, 3.8) is 0 Å². The van der Waals surface area contributed by atoms with Crippen molar-refractivity contribution in [1.29, 1.82) is 0 Å². The average molecular weight is 466 g/mol. The number of carbonyl (C=O) groups is 1. The van der Waals surface area contributed by atoms with E-state index in [1.165, 1.54) is 29.7 Å². The second kappa shape index (κ2) is 8.58. The van der Waals surface area contributed by atoms with Gasteiger partial charge in [-0.3, -0.25) is 4.79 Å². The molecule has 30 heavy (non-hydrogen) atoms. The number of anilines is 1. The molecule has 156 valence electrons. The van der Waals surface area contributed by atoms with E-state index in [1.807, 2.05) is 6.07 Å². The average Bonchev–Trinajstić information content (AvgIpc) is 3.18. The molecule has 9 heteroatoms. The van der Waals surface area contributed by atoms with Crippen molar-refractivity contribution < 1.29 is 13.6 Å². The minimum absolute atomic E-state index is 0.0866. The van der Waals surface area contributed by atoms with Crippen molar-refractivity contribution in [3.05, 3.63) is 54.1 Å². The largest absolute Gasteiger partial charge is 0.358 e. The van der Waals surface area contributed by atoms with Crippen LogP contribution in [0.25, 0.3) is 22.0 Å². The molecular formula is C21H19ClF2N3OPS. The van der Waals surface area contributed by atoms with Crippen molar-refractivity contribution in [1.82, 2.24) is 9.27 Å². The zero-order chi connectivity index (χ0) is 21.4. The van der Waals surface area contributed by atoms with E-state index in [9.17, 15) is 9.18 Å². The molecule has 0 spiro atoms. The van der Waals surface area contributed by atoms with Gasteiger partial charge in [-0.2, -0.15) is 4.37 Å². The third kappa shape index (κ3) is 3.70. The van der Waals surface area contributed by atoms with Gasteiger partial charge < -0.3 is 9.80 Å². The van der Waals surface area contributed by atoms with Crippen molar-refractivity contribution >= 4 is 59.5 Å². The first-order valence-electron chi connectivity index (χ1n) is 9.33. The van der Waals surface area contributed by atoms with Gasteiger partial charge in [0.1, 0.15) is 16.3 Å². The molecule has 1 unspecified atom stereocenters. The summed E-state index contributed by atoms with van der Waals surface area (Å²) in [5.41, 5.74) is 1.82. The molecule has 0 aliphatic carbocycles. The highest BCUT2D eigenvalue weighted by Gasteiger charge is 2.25. The van der Waals surface area contributed by atoms with Crippen LogP contribution in [0, 0.1) is 11.6 Å². The van der Waals surface area contributed by atoms with Gasteiger partial charge in [-0.25, -0.2) is 8.78 Å². The van der Waals surface area contributed by atoms with Crippen molar-refractivity contribution in [2.45, 2.75) is 5.88 Å². The highest BCUT2D eigenvalue weighted by molar-refractivity contribution is 7.28. The van der Waals surface area contributed by atoms with Gasteiger partial charge in [0.15, 0.2) is 5.82 Å². The Labute approximate surface area is 184 Å². The Balaban J connectivity index is 1.75. The number of benzene rings is 2. The van der Waals surface area contributed by atoms with Gasteiger partial charge in [-0.1, -0.05) is 12.6 Å². The molecule has 1 saturated heterocycles. The molecule has 2 aromatic carbocycles. The maximum Gasteiger partial charge on any atom is 0.246 e. The normalized spacial score (nSPS) is 14.4. The number of amides is 1. The summed E-state index contributed by atoms with van der Waals surface area (Å²) in [5, 5.41) is 2.11. The monoisotopic (exact) mass is 465 g/mol. The fourth-order valence-electron chi connectivity index (χ4n) is 3.73. The van der Waals surface area contributed by atoms with Crippen LogP contribution in [0.1, 0.15) is 5.56 Å². The van der Waals surface area contributed by atoms with Crippen molar-refractivity contribution in [2.75, 3.05) is 31.1 Å². The maximum atomic E-state index is 15.6. The summed E-state index contributed by atoms with van der Waals surface area (Å²) >= 11 is 7.41. The summed E-state index contributed by atoms with van der Waals surface area (Å²) in [6, 6.07) is 6.08. The fraction of sp³-hybridized carbons (Fsp3) is 0.238. The van der Waals surface area contributed by atoms with Gasteiger partial charge in [0.2, 0.25) is 5.91 Å². The van der Waals surface area contributed by atoms with Gasteiger partial charge >= 0.3 is 0 Å². The molecule has 2 heterocycles. The molecule has 3 aromatic rings. The SMILES string of the molecule is C=CC(=O)N1CCN(c2snc3c(F)c(-c4ccc(F)cc4P)c(CCl)cc23)CC1. The molecule has 1 aliphatic heterocycles. The number of aromatic nitrogens is 1. The van der Waals surface area contributed by atoms with Gasteiger partial charge in [-0.15, -0.1) is 20.8 Å². The van der Waals surface area contributed by atoms with E-state index in [2.05, 4.69) is 25.1 Å². The molecule has 1 amide bonds. The lowest BCUT2D eigenvalue weighted by Gasteiger charge is -2.34. The van der Waals surface area contributed by atoms with E-state index in [-0.39, 0.29) is 23.1 Å². The molecule has 1 aromatic heterocycles. The second-order valence-electron chi connectivity index (χ2n) is 6.99. The fourth-order valence-corrected chi connectivity index (χ4v) is 5.25. The Morgan fingerprint density at radius 2 is 2.00 bits per heavy atom. The van der Waals surface area contributed by atoms with E-state index < -0.39 is 5.82 Å². The zero-order valence-corrected chi connectivity index (χ0v) is 18.7. The summed E-state index contributed by atoms with van der Waals surface area (Å²) in [6.45, 7) is 5.92. The van der Waals surface area contributed by atoms with E-state index in [1.54, 1.807) is 11.0 Å². The van der Waals surface area contributed by atoms with Crippen molar-refractivity contribution in [2.24, 2.45) is 0 Å². The molecule has 1 atom stereocenters. The minimum Gasteiger partial charge on any atom is -0.358 e. The molecule has 0 bridgehead atoms. The summed E-state index contributed by atoms with van der Waals surface area (Å²) in [4.78, 5) is 15.7. The molecule has 0 N–H and O–H groups in total. The molecule has 0 saturated carbocycles.